The maximum Gasteiger partial charge on any atom is 0.353 e. The van der Waals surface area contributed by atoms with Crippen LogP contribution in [-0.2, 0) is 25.5 Å². The monoisotopic (exact) mass is 614 g/mol. The van der Waals surface area contributed by atoms with Gasteiger partial charge in [-0.1, -0.05) is 59.1 Å². The lowest BCUT2D eigenvalue weighted by Crippen LogP contribution is -2.57. The van der Waals surface area contributed by atoms with Crippen molar-refractivity contribution in [2.75, 3.05) is 13.2 Å². The van der Waals surface area contributed by atoms with E-state index in [1.165, 1.54) is 60.7 Å². The summed E-state index contributed by atoms with van der Waals surface area (Å²) in [6, 6.07) is 15.7. The van der Waals surface area contributed by atoms with Crippen LogP contribution in [0.3, 0.4) is 0 Å². The van der Waals surface area contributed by atoms with Crippen LogP contribution in [-0.4, -0.2) is 74.1 Å². The van der Waals surface area contributed by atoms with E-state index in [4.69, 9.17) is 44.3 Å². The van der Waals surface area contributed by atoms with E-state index >= 15 is 0 Å². The van der Waals surface area contributed by atoms with Crippen molar-refractivity contribution in [3.8, 4) is 5.75 Å². The van der Waals surface area contributed by atoms with Gasteiger partial charge in [0.05, 0.1) is 6.61 Å². The number of hydrogen-bond donors (Lipinski definition) is 6. The van der Waals surface area contributed by atoms with Gasteiger partial charge in [0, 0.05) is 15.1 Å². The minimum absolute atomic E-state index is 0.180. The van der Waals surface area contributed by atoms with Crippen molar-refractivity contribution in [1.82, 2.24) is 0 Å². The summed E-state index contributed by atoms with van der Waals surface area (Å²) in [4.78, 5) is 26.1. The molecule has 3 aromatic carbocycles. The van der Waals surface area contributed by atoms with E-state index in [0.717, 1.165) is 12.1 Å². The van der Waals surface area contributed by atoms with E-state index in [2.05, 4.69) is 0 Å². The first kappa shape index (κ1) is 31.8. The molecule has 40 heavy (non-hydrogen) atoms. The van der Waals surface area contributed by atoms with Crippen molar-refractivity contribution < 1.29 is 49.7 Å². The number of rotatable bonds is 11. The lowest BCUT2D eigenvalue weighted by atomic mass is 9.83. The van der Waals surface area contributed by atoms with Gasteiger partial charge in [-0.05, 0) is 59.7 Å². The van der Waals surface area contributed by atoms with Crippen LogP contribution in [0, 0.1) is 0 Å². The number of halogens is 3. The molecule has 0 radical (unpaired) electrons. The molecule has 0 aliphatic heterocycles. The Hall–Kier alpha value is -2.77. The predicted octanol–water partition coefficient (Wildman–Crippen LogP) is 1.95. The molecule has 5 atom stereocenters. The predicted molar refractivity (Wildman–Crippen MR) is 144 cm³/mol. The molecule has 0 saturated heterocycles. The van der Waals surface area contributed by atoms with Crippen molar-refractivity contribution >= 4 is 46.7 Å². The third-order valence-corrected chi connectivity index (χ3v) is 6.81. The SMILES string of the molecule is O=C(OC(=O)C(O)(c1ccc(Cl)cc1)C(O)C(O)C(O)COc1ccc(Cl)cc1)C(O)(CO)c1ccc(Cl)cc1. The molecule has 3 aromatic rings. The van der Waals surface area contributed by atoms with Gasteiger partial charge in [0.15, 0.2) is 0 Å². The Morgan fingerprint density at radius 1 is 0.725 bits per heavy atom. The normalized spacial score (nSPS) is 16.6. The largest absolute Gasteiger partial charge is 0.491 e. The lowest BCUT2D eigenvalue weighted by Gasteiger charge is -2.35. The lowest BCUT2D eigenvalue weighted by molar-refractivity contribution is -0.207. The first-order chi connectivity index (χ1) is 18.8. The zero-order valence-corrected chi connectivity index (χ0v) is 22.8. The second-order valence-corrected chi connectivity index (χ2v) is 10.1. The fourth-order valence-electron chi connectivity index (χ4n) is 3.63. The Labute approximate surface area is 243 Å². The highest BCUT2D eigenvalue weighted by Crippen LogP contribution is 2.33. The maximum atomic E-state index is 13.3. The van der Waals surface area contributed by atoms with Gasteiger partial charge >= 0.3 is 11.9 Å². The third kappa shape index (κ3) is 6.92. The smallest absolute Gasteiger partial charge is 0.353 e. The zero-order valence-electron chi connectivity index (χ0n) is 20.5. The first-order valence-corrected chi connectivity index (χ1v) is 12.7. The van der Waals surface area contributed by atoms with E-state index in [0.29, 0.717) is 5.02 Å². The van der Waals surface area contributed by atoms with Gasteiger partial charge in [0.1, 0.15) is 30.7 Å². The van der Waals surface area contributed by atoms with E-state index < -0.39 is 54.7 Å². The molecule has 0 spiro atoms. The average molecular weight is 616 g/mol. The number of carbonyl (C=O) groups is 2. The third-order valence-electron chi connectivity index (χ3n) is 6.05. The second-order valence-electron chi connectivity index (χ2n) is 8.74. The van der Waals surface area contributed by atoms with Crippen LogP contribution in [0.15, 0.2) is 72.8 Å². The Bertz CT molecular complexity index is 1300. The van der Waals surface area contributed by atoms with Crippen molar-refractivity contribution in [2.24, 2.45) is 0 Å². The number of aliphatic hydroxyl groups excluding tert-OH is 4. The van der Waals surface area contributed by atoms with Crippen LogP contribution in [0.4, 0.5) is 0 Å². The standard InChI is InChI=1S/C27H25Cl3O10/c28-17-5-1-15(2-6-17)26(37,14-31)24(35)40-25(36)27(38,16-3-7-18(29)8-4-16)23(34)22(33)21(32)13-39-20-11-9-19(30)10-12-20/h1-12,21-23,31-34,37-38H,13-14H2. The number of benzene rings is 3. The molecular weight excluding hydrogens is 591 g/mol. The molecule has 13 heteroatoms. The molecule has 0 aromatic heterocycles. The molecular formula is C27H25Cl3O10. The fraction of sp³-hybridized carbons (Fsp3) is 0.259. The Kier molecular flexibility index (Phi) is 10.5. The van der Waals surface area contributed by atoms with Gasteiger partial charge in [0.2, 0.25) is 11.2 Å². The zero-order chi connectivity index (χ0) is 29.7. The number of aliphatic hydroxyl groups is 6. The summed E-state index contributed by atoms with van der Waals surface area (Å²) in [6.07, 6.45) is -6.60. The number of hydrogen-bond acceptors (Lipinski definition) is 10. The molecule has 0 fully saturated rings. The molecule has 10 nitrogen and oxygen atoms in total. The van der Waals surface area contributed by atoms with Gasteiger partial charge < -0.3 is 40.1 Å². The highest BCUT2D eigenvalue weighted by Gasteiger charge is 2.53. The van der Waals surface area contributed by atoms with E-state index in [1.54, 1.807) is 0 Å². The molecule has 214 valence electrons. The molecule has 0 aliphatic carbocycles. The minimum Gasteiger partial charge on any atom is -0.491 e. The van der Waals surface area contributed by atoms with Crippen LogP contribution in [0.5, 0.6) is 5.75 Å². The summed E-state index contributed by atoms with van der Waals surface area (Å²) < 4.78 is 10.1. The van der Waals surface area contributed by atoms with Crippen molar-refractivity contribution in [1.29, 1.82) is 0 Å². The molecule has 6 N–H and O–H groups in total. The molecule has 5 unspecified atom stereocenters. The van der Waals surface area contributed by atoms with Gasteiger partial charge in [-0.25, -0.2) is 9.59 Å². The summed E-state index contributed by atoms with van der Waals surface area (Å²) in [7, 11) is 0. The highest BCUT2D eigenvalue weighted by atomic mass is 35.5. The number of ether oxygens (including phenoxy) is 2. The number of carbonyl (C=O) groups excluding carboxylic acids is 2. The molecule has 3 rings (SSSR count). The Balaban J connectivity index is 1.88. The molecule has 0 amide bonds. The molecule has 0 aliphatic rings. The van der Waals surface area contributed by atoms with Crippen LogP contribution in [0.25, 0.3) is 0 Å². The summed E-state index contributed by atoms with van der Waals surface area (Å²) in [5, 5.41) is 64.9. The van der Waals surface area contributed by atoms with Gasteiger partial charge in [-0.2, -0.15) is 0 Å². The molecule has 0 saturated carbocycles. The highest BCUT2D eigenvalue weighted by molar-refractivity contribution is 6.31. The summed E-state index contributed by atoms with van der Waals surface area (Å²) >= 11 is 17.5. The Morgan fingerprint density at radius 2 is 1.18 bits per heavy atom. The fourth-order valence-corrected chi connectivity index (χ4v) is 4.01. The second kappa shape index (κ2) is 13.3. The Morgan fingerprint density at radius 3 is 1.65 bits per heavy atom. The van der Waals surface area contributed by atoms with Crippen LogP contribution in [0.1, 0.15) is 11.1 Å². The average Bonchev–Trinajstić information content (AvgIpc) is 2.95. The van der Waals surface area contributed by atoms with Crippen LogP contribution in [0.2, 0.25) is 15.1 Å². The van der Waals surface area contributed by atoms with Crippen molar-refractivity contribution in [3.05, 3.63) is 99.0 Å². The maximum absolute atomic E-state index is 13.3. The first-order valence-electron chi connectivity index (χ1n) is 11.6. The quantitative estimate of drug-likeness (QED) is 0.138. The molecule has 0 bridgehead atoms. The summed E-state index contributed by atoms with van der Waals surface area (Å²) in [5.74, 6) is -3.28. The van der Waals surface area contributed by atoms with E-state index in [-0.39, 0.29) is 26.9 Å². The van der Waals surface area contributed by atoms with Gasteiger partial charge in [-0.15, -0.1) is 0 Å². The van der Waals surface area contributed by atoms with Crippen molar-refractivity contribution in [3.63, 3.8) is 0 Å². The number of esters is 2. The van der Waals surface area contributed by atoms with Gasteiger partial charge in [-0.3, -0.25) is 0 Å². The van der Waals surface area contributed by atoms with Crippen molar-refractivity contribution in [2.45, 2.75) is 29.5 Å². The summed E-state index contributed by atoms with van der Waals surface area (Å²) in [5.41, 5.74) is -6.53. The topological polar surface area (TPSA) is 174 Å². The minimum atomic E-state index is -3.18. The van der Waals surface area contributed by atoms with E-state index in [9.17, 15) is 40.2 Å². The van der Waals surface area contributed by atoms with Gasteiger partial charge in [0.25, 0.3) is 0 Å². The summed E-state index contributed by atoms with van der Waals surface area (Å²) in [6.45, 7) is -1.82. The van der Waals surface area contributed by atoms with E-state index in [1.807, 2.05) is 0 Å². The molecule has 0 heterocycles. The van der Waals surface area contributed by atoms with Crippen LogP contribution < -0.4 is 4.74 Å². The van der Waals surface area contributed by atoms with Crippen LogP contribution >= 0.6 is 34.8 Å².